The normalized spacial score (nSPS) is 12.3. The largest absolute Gasteiger partial charge is 0.535 e. The molecule has 0 bridgehead atoms. The molecule has 4 heteroatoms. The van der Waals surface area contributed by atoms with E-state index < -0.39 is 16.6 Å². The van der Waals surface area contributed by atoms with Crippen LogP contribution in [0.15, 0.2) is 182 Å². The predicted molar refractivity (Wildman–Crippen MR) is 184 cm³/mol. The minimum absolute atomic E-state index is 0.133. The van der Waals surface area contributed by atoms with Crippen molar-refractivity contribution < 1.29 is 8.85 Å². The molecule has 0 aliphatic heterocycles. The maximum Gasteiger partial charge on any atom is 0.317 e. The van der Waals surface area contributed by atoms with Gasteiger partial charge in [-0.05, 0) is 56.6 Å². The Morgan fingerprint density at radius 2 is 0.698 bits per heavy atom. The van der Waals surface area contributed by atoms with Crippen LogP contribution in [-0.2, 0) is 0 Å². The van der Waals surface area contributed by atoms with E-state index in [4.69, 9.17) is 8.85 Å². The van der Waals surface area contributed by atoms with Gasteiger partial charge in [0.05, 0.1) is 0 Å². The molecule has 1 unspecified atom stereocenters. The molecular weight excluding hydrogens is 557 g/mol. The van der Waals surface area contributed by atoms with Gasteiger partial charge in [-0.1, -0.05) is 165 Å². The van der Waals surface area contributed by atoms with Gasteiger partial charge in [0.2, 0.25) is 0 Å². The van der Waals surface area contributed by atoms with E-state index in [1.54, 1.807) is 0 Å². The fourth-order valence-corrected chi connectivity index (χ4v) is 16.0. The summed E-state index contributed by atoms with van der Waals surface area (Å²) in [5, 5.41) is 5.00. The third kappa shape index (κ3) is 5.98. The highest BCUT2D eigenvalue weighted by atomic mass is 28.4. The molecule has 0 saturated heterocycles. The van der Waals surface area contributed by atoms with Crippen LogP contribution in [0.1, 0.15) is 6.92 Å². The van der Waals surface area contributed by atoms with Crippen molar-refractivity contribution in [2.45, 2.75) is 18.5 Å². The molecule has 0 fully saturated rings. The maximum atomic E-state index is 7.41. The van der Waals surface area contributed by atoms with E-state index in [9.17, 15) is 0 Å². The average molecular weight is 593 g/mol. The van der Waals surface area contributed by atoms with Gasteiger partial charge in [-0.15, -0.1) is 0 Å². The van der Waals surface area contributed by atoms with Gasteiger partial charge in [0.15, 0.2) is 0 Å². The number of rotatable bonds is 11. The first kappa shape index (κ1) is 28.5. The molecule has 212 valence electrons. The van der Waals surface area contributed by atoms with Crippen LogP contribution in [0.3, 0.4) is 0 Å². The van der Waals surface area contributed by atoms with Crippen molar-refractivity contribution >= 4 is 37.4 Å². The van der Waals surface area contributed by atoms with Crippen LogP contribution in [0.2, 0.25) is 11.6 Å². The lowest BCUT2D eigenvalue weighted by atomic mass is 10.3. The zero-order valence-corrected chi connectivity index (χ0v) is 26.4. The Morgan fingerprint density at radius 3 is 1.07 bits per heavy atom. The van der Waals surface area contributed by atoms with Crippen molar-refractivity contribution in [1.82, 2.24) is 0 Å². The predicted octanol–water partition coefficient (Wildman–Crippen LogP) is 7.05. The van der Waals surface area contributed by atoms with Crippen LogP contribution in [0.4, 0.5) is 0 Å². The number of hydrogen-bond donors (Lipinski definition) is 0. The molecule has 0 saturated carbocycles. The lowest BCUT2D eigenvalue weighted by Gasteiger charge is -2.42. The van der Waals surface area contributed by atoms with Crippen LogP contribution >= 0.6 is 0 Å². The van der Waals surface area contributed by atoms with E-state index in [0.717, 1.165) is 17.5 Å². The first-order chi connectivity index (χ1) is 21.2. The lowest BCUT2D eigenvalue weighted by molar-refractivity contribution is 0.532. The fourth-order valence-electron chi connectivity index (χ4n) is 6.24. The molecule has 6 aromatic carbocycles. The van der Waals surface area contributed by atoms with Gasteiger partial charge >= 0.3 is 16.6 Å². The zero-order chi connectivity index (χ0) is 29.4. The van der Waals surface area contributed by atoms with Crippen molar-refractivity contribution in [3.63, 3.8) is 0 Å². The number of para-hydroxylation sites is 2. The van der Waals surface area contributed by atoms with E-state index in [1.807, 2.05) is 12.1 Å². The molecule has 0 spiro atoms. The summed E-state index contributed by atoms with van der Waals surface area (Å²) in [6.45, 7) is 2.39. The molecule has 0 aliphatic carbocycles. The second-order valence-electron chi connectivity index (χ2n) is 11.0. The quantitative estimate of drug-likeness (QED) is 0.150. The molecule has 43 heavy (non-hydrogen) atoms. The summed E-state index contributed by atoms with van der Waals surface area (Å²) in [6, 6.07) is 65.0. The highest BCUT2D eigenvalue weighted by Crippen LogP contribution is 2.34. The number of benzene rings is 6. The Kier molecular flexibility index (Phi) is 8.68. The van der Waals surface area contributed by atoms with Crippen molar-refractivity contribution in [2.75, 3.05) is 0 Å². The third-order valence-corrected chi connectivity index (χ3v) is 17.5. The van der Waals surface area contributed by atoms with E-state index in [2.05, 4.69) is 177 Å². The maximum absolute atomic E-state index is 7.41. The SMILES string of the molecule is CC(C[Si](Oc1ccccc1)(c1ccccc1)c1ccccc1)[Si](Oc1ccccc1)(c1ccccc1)c1ccccc1. The standard InChI is InChI=1S/C39H36O2Si2/c1-33(43(38-28-16-6-17-29-38,39-30-18-7-19-31-39)41-35-22-10-3-11-23-35)32-42(36-24-12-4-13-25-36,37-26-14-5-15-27-37)40-34-20-8-2-9-21-34/h2-31,33H,32H2,1H3. The molecule has 2 nitrogen and oxygen atoms in total. The van der Waals surface area contributed by atoms with Crippen molar-refractivity contribution in [3.8, 4) is 11.5 Å². The molecule has 0 aromatic heterocycles. The van der Waals surface area contributed by atoms with Gasteiger partial charge in [0, 0.05) is 0 Å². The zero-order valence-electron chi connectivity index (χ0n) is 24.4. The minimum Gasteiger partial charge on any atom is -0.535 e. The smallest absolute Gasteiger partial charge is 0.317 e. The van der Waals surface area contributed by atoms with Gasteiger partial charge in [-0.2, -0.15) is 0 Å². The van der Waals surface area contributed by atoms with Gasteiger partial charge in [-0.3, -0.25) is 0 Å². The summed E-state index contributed by atoms with van der Waals surface area (Å²) in [4.78, 5) is 0. The highest BCUT2D eigenvalue weighted by Gasteiger charge is 2.53. The lowest BCUT2D eigenvalue weighted by Crippen LogP contribution is -2.70. The third-order valence-electron chi connectivity index (χ3n) is 8.23. The van der Waals surface area contributed by atoms with E-state index in [1.165, 1.54) is 20.7 Å². The molecule has 6 rings (SSSR count). The Bertz CT molecular complexity index is 1600. The topological polar surface area (TPSA) is 18.5 Å². The fraction of sp³-hybridized carbons (Fsp3) is 0.0769. The van der Waals surface area contributed by atoms with Crippen molar-refractivity contribution in [1.29, 1.82) is 0 Å². The summed E-state index contributed by atoms with van der Waals surface area (Å²) < 4.78 is 14.8. The summed E-state index contributed by atoms with van der Waals surface area (Å²) >= 11 is 0. The van der Waals surface area contributed by atoms with E-state index in [0.29, 0.717) is 0 Å². The Balaban J connectivity index is 1.59. The second-order valence-corrected chi connectivity index (χ2v) is 18.2. The van der Waals surface area contributed by atoms with Gasteiger partial charge < -0.3 is 8.85 Å². The molecule has 0 amide bonds. The van der Waals surface area contributed by atoms with Crippen molar-refractivity contribution in [2.24, 2.45) is 0 Å². The van der Waals surface area contributed by atoms with Crippen LogP contribution in [0.5, 0.6) is 11.5 Å². The highest BCUT2D eigenvalue weighted by molar-refractivity contribution is 7.03. The Morgan fingerprint density at radius 1 is 0.395 bits per heavy atom. The average Bonchev–Trinajstić information content (AvgIpc) is 3.09. The van der Waals surface area contributed by atoms with Crippen LogP contribution in [0.25, 0.3) is 0 Å². The van der Waals surface area contributed by atoms with Crippen LogP contribution in [0, 0.1) is 0 Å². The van der Waals surface area contributed by atoms with Gasteiger partial charge in [0.1, 0.15) is 11.5 Å². The molecule has 0 aliphatic rings. The monoisotopic (exact) mass is 592 g/mol. The van der Waals surface area contributed by atoms with Crippen molar-refractivity contribution in [3.05, 3.63) is 182 Å². The first-order valence-corrected chi connectivity index (χ1v) is 19.0. The molecule has 0 heterocycles. The van der Waals surface area contributed by atoms with E-state index in [-0.39, 0.29) is 5.54 Å². The summed E-state index contributed by atoms with van der Waals surface area (Å²) in [5.74, 6) is 1.79. The summed E-state index contributed by atoms with van der Waals surface area (Å²) in [7, 11) is -5.82. The van der Waals surface area contributed by atoms with Crippen LogP contribution < -0.4 is 29.6 Å². The van der Waals surface area contributed by atoms with Gasteiger partial charge in [0.25, 0.3) is 0 Å². The van der Waals surface area contributed by atoms with Crippen LogP contribution in [-0.4, -0.2) is 16.6 Å². The summed E-state index contributed by atoms with van der Waals surface area (Å²) in [5.41, 5.74) is 0.133. The van der Waals surface area contributed by atoms with Gasteiger partial charge in [-0.25, -0.2) is 0 Å². The molecule has 6 aromatic rings. The number of hydrogen-bond acceptors (Lipinski definition) is 2. The minimum atomic E-state index is -2.93. The molecule has 0 radical (unpaired) electrons. The second kappa shape index (κ2) is 13.1. The first-order valence-electron chi connectivity index (χ1n) is 14.9. The van der Waals surface area contributed by atoms with E-state index >= 15 is 0 Å². The summed E-state index contributed by atoms with van der Waals surface area (Å²) in [6.07, 6.45) is 0. The molecule has 0 N–H and O–H groups in total. The molecular formula is C39H36O2Si2. The molecule has 1 atom stereocenters. The Labute approximate surface area is 257 Å². The Hall–Kier alpha value is -4.65.